The molecule has 0 amide bonds. The fourth-order valence-corrected chi connectivity index (χ4v) is 3.03. The van der Waals surface area contributed by atoms with Gasteiger partial charge in [-0.05, 0) is 44.0 Å². The van der Waals surface area contributed by atoms with Gasteiger partial charge in [-0.25, -0.2) is 4.79 Å². The first-order valence-electron chi connectivity index (χ1n) is 8.09. The molecule has 7 nitrogen and oxygen atoms in total. The van der Waals surface area contributed by atoms with Crippen LogP contribution >= 0.6 is 0 Å². The molecule has 25 heavy (non-hydrogen) atoms. The second-order valence-corrected chi connectivity index (χ2v) is 5.74. The molecule has 0 atom stereocenters. The van der Waals surface area contributed by atoms with E-state index in [0.29, 0.717) is 43.0 Å². The summed E-state index contributed by atoms with van der Waals surface area (Å²) in [6.07, 6.45) is 1.24. The summed E-state index contributed by atoms with van der Waals surface area (Å²) < 4.78 is 7.60. The lowest BCUT2D eigenvalue weighted by molar-refractivity contribution is 0.0968. The van der Waals surface area contributed by atoms with Crippen LogP contribution in [0.5, 0.6) is 5.75 Å². The average molecular weight is 339 g/mol. The van der Waals surface area contributed by atoms with Gasteiger partial charge in [0, 0.05) is 17.8 Å². The smallest absolute Gasteiger partial charge is 0.331 e. The molecule has 0 saturated carbocycles. The monoisotopic (exact) mass is 339 g/mol. The maximum absolute atomic E-state index is 12.5. The van der Waals surface area contributed by atoms with Gasteiger partial charge in [-0.3, -0.25) is 18.7 Å². The van der Waals surface area contributed by atoms with Crippen molar-refractivity contribution in [3.05, 3.63) is 61.9 Å². The molecule has 7 heteroatoms. The third-order valence-corrected chi connectivity index (χ3v) is 4.23. The van der Waals surface area contributed by atoms with E-state index in [1.165, 1.54) is 4.57 Å². The van der Waals surface area contributed by atoms with Gasteiger partial charge in [0.25, 0.3) is 5.56 Å². The zero-order valence-corrected chi connectivity index (χ0v) is 13.8. The van der Waals surface area contributed by atoms with Crippen LogP contribution in [0.4, 0.5) is 0 Å². The summed E-state index contributed by atoms with van der Waals surface area (Å²) in [6.45, 7) is 2.45. The third kappa shape index (κ3) is 2.98. The number of aromatic nitrogens is 2. The van der Waals surface area contributed by atoms with Crippen LogP contribution in [0.3, 0.4) is 0 Å². The first-order chi connectivity index (χ1) is 12.1. The number of hydrogen-bond acceptors (Lipinski definition) is 5. The van der Waals surface area contributed by atoms with Crippen molar-refractivity contribution >= 4 is 5.78 Å². The van der Waals surface area contributed by atoms with Crippen LogP contribution in [0.15, 0.2) is 33.9 Å². The summed E-state index contributed by atoms with van der Waals surface area (Å²) in [7, 11) is 0. The Hall–Kier alpha value is -3.14. The molecule has 128 valence electrons. The van der Waals surface area contributed by atoms with E-state index >= 15 is 0 Å². The number of nitrogens with zero attached hydrogens (tertiary/aromatic N) is 3. The van der Waals surface area contributed by atoms with E-state index in [-0.39, 0.29) is 17.9 Å². The molecule has 1 aromatic heterocycles. The molecule has 3 rings (SSSR count). The summed E-state index contributed by atoms with van der Waals surface area (Å²) >= 11 is 0. The zero-order valence-electron chi connectivity index (χ0n) is 13.8. The number of rotatable bonds is 5. The number of ether oxygens (including phenoxy) is 1. The van der Waals surface area contributed by atoms with Crippen LogP contribution in [0.2, 0.25) is 0 Å². The molecule has 1 aliphatic rings. The van der Waals surface area contributed by atoms with Crippen molar-refractivity contribution < 1.29 is 9.53 Å². The maximum Gasteiger partial charge on any atom is 0.331 e. The van der Waals surface area contributed by atoms with E-state index in [1.54, 1.807) is 24.3 Å². The number of nitriles is 1. The Kier molecular flexibility index (Phi) is 4.52. The molecule has 0 N–H and O–H groups in total. The lowest BCUT2D eigenvalue weighted by Gasteiger charge is -2.10. The van der Waals surface area contributed by atoms with Crippen LogP contribution in [0.1, 0.15) is 35.0 Å². The fraction of sp³-hybridized carbons (Fsp3) is 0.333. The van der Waals surface area contributed by atoms with Crippen LogP contribution in [-0.2, 0) is 19.5 Å². The highest BCUT2D eigenvalue weighted by molar-refractivity contribution is 5.96. The van der Waals surface area contributed by atoms with E-state index < -0.39 is 11.2 Å². The molecule has 0 unspecified atom stereocenters. The van der Waals surface area contributed by atoms with E-state index in [4.69, 9.17) is 4.74 Å². The fourth-order valence-electron chi connectivity index (χ4n) is 3.03. The predicted molar refractivity (Wildman–Crippen MR) is 89.9 cm³/mol. The summed E-state index contributed by atoms with van der Waals surface area (Å²) in [5, 5.41) is 9.25. The van der Waals surface area contributed by atoms with Crippen LogP contribution in [-0.4, -0.2) is 21.5 Å². The van der Waals surface area contributed by atoms with Crippen molar-refractivity contribution in [1.29, 1.82) is 5.26 Å². The quantitative estimate of drug-likeness (QED) is 0.761. The Labute approximate surface area is 143 Å². The van der Waals surface area contributed by atoms with Crippen molar-refractivity contribution in [3.63, 3.8) is 0 Å². The molecule has 1 aliphatic heterocycles. The minimum atomic E-state index is -0.695. The summed E-state index contributed by atoms with van der Waals surface area (Å²) in [5.41, 5.74) is -0.423. The van der Waals surface area contributed by atoms with Gasteiger partial charge in [0.15, 0.2) is 5.78 Å². The highest BCUT2D eigenvalue weighted by Crippen LogP contribution is 2.14. The third-order valence-electron chi connectivity index (χ3n) is 4.23. The Balaban J connectivity index is 1.96. The van der Waals surface area contributed by atoms with Crippen molar-refractivity contribution in [2.45, 2.75) is 32.9 Å². The number of benzene rings is 1. The molecular weight excluding hydrogens is 322 g/mol. The van der Waals surface area contributed by atoms with Gasteiger partial charge in [-0.2, -0.15) is 5.26 Å². The Morgan fingerprint density at radius 3 is 2.64 bits per heavy atom. The van der Waals surface area contributed by atoms with E-state index in [2.05, 4.69) is 0 Å². The van der Waals surface area contributed by atoms with Gasteiger partial charge >= 0.3 is 5.69 Å². The van der Waals surface area contributed by atoms with Gasteiger partial charge in [0.05, 0.1) is 13.2 Å². The SMILES string of the molecule is CCOc1ccc(C(=O)Cn2c(=O)c(C#N)c3n(c2=O)CCC3)cc1. The van der Waals surface area contributed by atoms with Crippen molar-refractivity contribution in [2.75, 3.05) is 6.61 Å². The predicted octanol–water partition coefficient (Wildman–Crippen LogP) is 1.11. The number of fused-ring (bicyclic) bond motifs is 1. The first kappa shape index (κ1) is 16.7. The van der Waals surface area contributed by atoms with Gasteiger partial charge in [0.2, 0.25) is 0 Å². The number of hydrogen-bond donors (Lipinski definition) is 0. The van der Waals surface area contributed by atoms with Gasteiger partial charge in [0.1, 0.15) is 17.4 Å². The minimum absolute atomic E-state index is 0.0448. The second-order valence-electron chi connectivity index (χ2n) is 5.74. The molecule has 0 spiro atoms. The summed E-state index contributed by atoms with van der Waals surface area (Å²) in [6, 6.07) is 8.39. The van der Waals surface area contributed by atoms with Crippen LogP contribution in [0, 0.1) is 11.3 Å². The Morgan fingerprint density at radius 1 is 1.28 bits per heavy atom. The molecule has 0 saturated heterocycles. The highest BCUT2D eigenvalue weighted by Gasteiger charge is 2.23. The molecule has 1 aromatic carbocycles. The van der Waals surface area contributed by atoms with Crippen LogP contribution < -0.4 is 16.0 Å². The molecule has 0 fully saturated rings. The molecule has 2 heterocycles. The number of ketones is 1. The molecule has 0 aliphatic carbocycles. The van der Waals surface area contributed by atoms with Crippen molar-refractivity contribution in [1.82, 2.24) is 9.13 Å². The number of Topliss-reactive ketones (excluding diaryl/α,β-unsaturated/α-hetero) is 1. The Morgan fingerprint density at radius 2 is 2.00 bits per heavy atom. The molecule has 0 bridgehead atoms. The largest absolute Gasteiger partial charge is 0.494 e. The average Bonchev–Trinajstić information content (AvgIpc) is 3.09. The lowest BCUT2D eigenvalue weighted by Crippen LogP contribution is -2.43. The minimum Gasteiger partial charge on any atom is -0.494 e. The second kappa shape index (κ2) is 6.77. The van der Waals surface area contributed by atoms with Gasteiger partial charge in [-0.1, -0.05) is 0 Å². The number of carbonyl (C=O) groups excluding carboxylic acids is 1. The Bertz CT molecular complexity index is 978. The summed E-state index contributed by atoms with van der Waals surface area (Å²) in [5.74, 6) is 0.269. The van der Waals surface area contributed by atoms with E-state index in [9.17, 15) is 19.6 Å². The van der Waals surface area contributed by atoms with Gasteiger partial charge in [-0.15, -0.1) is 0 Å². The molecular formula is C18H17N3O4. The normalized spacial score (nSPS) is 12.5. The lowest BCUT2D eigenvalue weighted by atomic mass is 10.1. The highest BCUT2D eigenvalue weighted by atomic mass is 16.5. The van der Waals surface area contributed by atoms with E-state index in [1.807, 2.05) is 13.0 Å². The number of carbonyl (C=O) groups is 1. The van der Waals surface area contributed by atoms with Crippen molar-refractivity contribution in [2.24, 2.45) is 0 Å². The zero-order chi connectivity index (χ0) is 18.0. The van der Waals surface area contributed by atoms with Crippen molar-refractivity contribution in [3.8, 4) is 11.8 Å². The maximum atomic E-state index is 12.5. The van der Waals surface area contributed by atoms with E-state index in [0.717, 1.165) is 4.57 Å². The molecule has 2 aromatic rings. The van der Waals surface area contributed by atoms with Gasteiger partial charge < -0.3 is 4.74 Å². The topological polar surface area (TPSA) is 94.1 Å². The first-order valence-corrected chi connectivity index (χ1v) is 8.09. The molecule has 0 radical (unpaired) electrons. The standard InChI is InChI=1S/C18H17N3O4/c1-2-25-13-7-5-12(6-8-13)16(22)11-21-17(23)14(10-19)15-4-3-9-20(15)18(21)24/h5-8H,2-4,9,11H2,1H3. The summed E-state index contributed by atoms with van der Waals surface area (Å²) in [4.78, 5) is 37.4. The van der Waals surface area contributed by atoms with Crippen LogP contribution in [0.25, 0.3) is 0 Å².